The highest BCUT2D eigenvalue weighted by atomic mass is 19.3. The second-order valence-electron chi connectivity index (χ2n) is 6.15. The predicted octanol–water partition coefficient (Wildman–Crippen LogP) is 6.44. The molecule has 0 radical (unpaired) electrons. The van der Waals surface area contributed by atoms with Crippen LogP contribution in [-0.2, 0) is 9.53 Å². The third kappa shape index (κ3) is 15.7. The van der Waals surface area contributed by atoms with Crippen LogP contribution in [0.1, 0.15) is 90.9 Å². The van der Waals surface area contributed by atoms with Gasteiger partial charge in [0.05, 0.1) is 6.61 Å². The highest BCUT2D eigenvalue weighted by Gasteiger charge is 2.23. The predicted molar refractivity (Wildman–Crippen MR) is 91.8 cm³/mol. The van der Waals surface area contributed by atoms with Gasteiger partial charge in [0.25, 0.3) is 5.92 Å². The van der Waals surface area contributed by atoms with Gasteiger partial charge in [0.15, 0.2) is 0 Å². The van der Waals surface area contributed by atoms with Gasteiger partial charge in [0, 0.05) is 12.8 Å². The summed E-state index contributed by atoms with van der Waals surface area (Å²) >= 11 is 0. The minimum Gasteiger partial charge on any atom is -0.465 e. The van der Waals surface area contributed by atoms with Crippen molar-refractivity contribution in [1.82, 2.24) is 0 Å². The van der Waals surface area contributed by atoms with Crippen molar-refractivity contribution >= 4 is 5.97 Å². The topological polar surface area (TPSA) is 26.3 Å². The van der Waals surface area contributed by atoms with Gasteiger partial charge >= 0.3 is 5.97 Å². The Kier molecular flexibility index (Phi) is 14.1. The van der Waals surface area contributed by atoms with E-state index in [2.05, 4.69) is 6.92 Å². The average Bonchev–Trinajstić information content (AvgIpc) is 2.51. The number of unbranched alkanes of at least 4 members (excludes halogenated alkanes) is 7. The molecular formula is C19H34F2O2. The Morgan fingerprint density at radius 3 is 2.22 bits per heavy atom. The minimum atomic E-state index is -2.74. The molecule has 0 bridgehead atoms. The van der Waals surface area contributed by atoms with Gasteiger partial charge in [-0.2, -0.15) is 0 Å². The molecule has 0 saturated carbocycles. The van der Waals surface area contributed by atoms with Gasteiger partial charge in [-0.3, -0.25) is 4.79 Å². The summed E-state index contributed by atoms with van der Waals surface area (Å²) in [6.07, 6.45) is 12.4. The fourth-order valence-electron chi connectivity index (χ4n) is 2.29. The first-order valence-electron chi connectivity index (χ1n) is 9.23. The monoisotopic (exact) mass is 332 g/mol. The molecule has 0 unspecified atom stereocenters. The van der Waals surface area contributed by atoms with E-state index in [0.29, 0.717) is 19.3 Å². The van der Waals surface area contributed by atoms with Gasteiger partial charge in [0.1, 0.15) is 0 Å². The molecule has 0 atom stereocenters. The van der Waals surface area contributed by atoms with Crippen molar-refractivity contribution < 1.29 is 18.3 Å². The van der Waals surface area contributed by atoms with E-state index >= 15 is 0 Å². The fourth-order valence-corrected chi connectivity index (χ4v) is 2.29. The molecule has 0 spiro atoms. The van der Waals surface area contributed by atoms with E-state index < -0.39 is 5.92 Å². The van der Waals surface area contributed by atoms with Crippen LogP contribution < -0.4 is 0 Å². The first kappa shape index (κ1) is 22.1. The Morgan fingerprint density at radius 1 is 0.957 bits per heavy atom. The van der Waals surface area contributed by atoms with Crippen LogP contribution >= 0.6 is 0 Å². The number of esters is 1. The first-order chi connectivity index (χ1) is 11.0. The molecule has 0 aliphatic carbocycles. The van der Waals surface area contributed by atoms with Crippen LogP contribution in [0.4, 0.5) is 8.78 Å². The van der Waals surface area contributed by atoms with Crippen LogP contribution in [0.5, 0.6) is 0 Å². The molecule has 0 rings (SSSR count). The summed E-state index contributed by atoms with van der Waals surface area (Å²) in [4.78, 5) is 11.5. The van der Waals surface area contributed by atoms with Gasteiger partial charge in [-0.1, -0.05) is 64.9 Å². The van der Waals surface area contributed by atoms with E-state index in [9.17, 15) is 13.6 Å². The van der Waals surface area contributed by atoms with Gasteiger partial charge in [0.2, 0.25) is 0 Å². The zero-order valence-electron chi connectivity index (χ0n) is 14.9. The standard InChI is InChI=1S/C19H34F2O2/c1-3-5-7-8-9-10-11-14-18(22)23-17-13-12-16-19(20,21)15-6-4-2/h12,16H,3-11,13-15,17H2,1-2H3/b16-12-. The van der Waals surface area contributed by atoms with Gasteiger partial charge in [-0.25, -0.2) is 8.78 Å². The molecular weight excluding hydrogens is 298 g/mol. The molecule has 0 amide bonds. The van der Waals surface area contributed by atoms with Gasteiger partial charge < -0.3 is 4.74 Å². The number of rotatable bonds is 15. The van der Waals surface area contributed by atoms with Crippen LogP contribution in [0, 0.1) is 0 Å². The minimum absolute atomic E-state index is 0.113. The van der Waals surface area contributed by atoms with E-state index in [4.69, 9.17) is 4.74 Å². The molecule has 0 heterocycles. The Bertz CT molecular complexity index is 314. The molecule has 0 aromatic rings. The van der Waals surface area contributed by atoms with Crippen molar-refractivity contribution in [1.29, 1.82) is 0 Å². The lowest BCUT2D eigenvalue weighted by Crippen LogP contribution is -2.11. The zero-order chi connectivity index (χ0) is 17.4. The number of alkyl halides is 2. The molecule has 4 heteroatoms. The Labute approximate surface area is 140 Å². The Hall–Kier alpha value is -0.930. The molecule has 2 nitrogen and oxygen atoms in total. The second kappa shape index (κ2) is 14.6. The van der Waals surface area contributed by atoms with Gasteiger partial charge in [-0.05, 0) is 25.3 Å². The Morgan fingerprint density at radius 2 is 1.57 bits per heavy atom. The highest BCUT2D eigenvalue weighted by molar-refractivity contribution is 5.69. The normalized spacial score (nSPS) is 12.0. The molecule has 0 aliphatic heterocycles. The summed E-state index contributed by atoms with van der Waals surface area (Å²) in [5.74, 6) is -2.96. The van der Waals surface area contributed by atoms with Crippen molar-refractivity contribution in [3.63, 3.8) is 0 Å². The molecule has 136 valence electrons. The SMILES string of the molecule is CCCCCCCCCC(=O)OCC/C=C\C(F)(F)CCCC. The lowest BCUT2D eigenvalue weighted by Gasteiger charge is -2.10. The van der Waals surface area contributed by atoms with E-state index in [1.165, 1.54) is 38.2 Å². The van der Waals surface area contributed by atoms with E-state index in [1.54, 1.807) is 0 Å². The molecule has 23 heavy (non-hydrogen) atoms. The van der Waals surface area contributed by atoms with Crippen LogP contribution in [0.2, 0.25) is 0 Å². The summed E-state index contributed by atoms with van der Waals surface area (Å²) in [6.45, 7) is 4.28. The van der Waals surface area contributed by atoms with Crippen molar-refractivity contribution in [3.05, 3.63) is 12.2 Å². The maximum atomic E-state index is 13.3. The molecule has 0 aliphatic rings. The van der Waals surface area contributed by atoms with E-state index in [0.717, 1.165) is 25.3 Å². The van der Waals surface area contributed by atoms with Crippen LogP contribution in [0.15, 0.2) is 12.2 Å². The molecule has 0 aromatic heterocycles. The van der Waals surface area contributed by atoms with Crippen LogP contribution in [0.3, 0.4) is 0 Å². The lowest BCUT2D eigenvalue weighted by atomic mass is 10.1. The summed E-state index contributed by atoms with van der Waals surface area (Å²) in [5, 5.41) is 0. The summed E-state index contributed by atoms with van der Waals surface area (Å²) in [5.41, 5.74) is 0. The number of halogens is 2. The number of carbonyl (C=O) groups is 1. The van der Waals surface area contributed by atoms with Gasteiger partial charge in [-0.15, -0.1) is 0 Å². The lowest BCUT2D eigenvalue weighted by molar-refractivity contribution is -0.143. The quantitative estimate of drug-likeness (QED) is 0.196. The molecule has 0 fully saturated rings. The second-order valence-corrected chi connectivity index (χ2v) is 6.15. The van der Waals surface area contributed by atoms with Crippen LogP contribution in [-0.4, -0.2) is 18.5 Å². The van der Waals surface area contributed by atoms with E-state index in [-0.39, 0.29) is 19.0 Å². The summed E-state index contributed by atoms with van der Waals surface area (Å²) in [6, 6.07) is 0. The number of hydrogen-bond donors (Lipinski definition) is 0. The summed E-state index contributed by atoms with van der Waals surface area (Å²) < 4.78 is 31.7. The number of allylic oxidation sites excluding steroid dienone is 1. The fraction of sp³-hybridized carbons (Fsp3) is 0.842. The van der Waals surface area contributed by atoms with Crippen molar-refractivity contribution in [3.8, 4) is 0 Å². The third-order valence-corrected chi connectivity index (χ3v) is 3.76. The van der Waals surface area contributed by atoms with Crippen molar-refractivity contribution in [2.75, 3.05) is 6.61 Å². The van der Waals surface area contributed by atoms with E-state index in [1.807, 2.05) is 6.92 Å². The number of hydrogen-bond acceptors (Lipinski definition) is 2. The third-order valence-electron chi connectivity index (χ3n) is 3.76. The number of ether oxygens (including phenoxy) is 1. The smallest absolute Gasteiger partial charge is 0.305 e. The first-order valence-corrected chi connectivity index (χ1v) is 9.23. The van der Waals surface area contributed by atoms with Crippen LogP contribution in [0.25, 0.3) is 0 Å². The maximum Gasteiger partial charge on any atom is 0.305 e. The van der Waals surface area contributed by atoms with Crippen molar-refractivity contribution in [2.45, 2.75) is 96.8 Å². The highest BCUT2D eigenvalue weighted by Crippen LogP contribution is 2.22. The molecule has 0 N–H and O–H groups in total. The average molecular weight is 332 g/mol. The molecule has 0 aromatic carbocycles. The Balaban J connectivity index is 3.52. The number of carbonyl (C=O) groups excluding carboxylic acids is 1. The van der Waals surface area contributed by atoms with Crippen molar-refractivity contribution in [2.24, 2.45) is 0 Å². The maximum absolute atomic E-state index is 13.3. The molecule has 0 saturated heterocycles. The largest absolute Gasteiger partial charge is 0.465 e. The zero-order valence-corrected chi connectivity index (χ0v) is 14.9. The summed E-state index contributed by atoms with van der Waals surface area (Å²) in [7, 11) is 0.